The molecule has 2 aliphatic heterocycles. The number of furan rings is 1. The Hall–Kier alpha value is -3.17. The van der Waals surface area contributed by atoms with Crippen molar-refractivity contribution in [2.45, 2.75) is 32.3 Å². The summed E-state index contributed by atoms with van der Waals surface area (Å²) in [7, 11) is 0. The van der Waals surface area contributed by atoms with Crippen LogP contribution >= 0.6 is 11.6 Å². The van der Waals surface area contributed by atoms with Crippen LogP contribution in [0, 0.1) is 11.6 Å². The number of likely N-dealkylation sites (tertiary alicyclic amines) is 1. The van der Waals surface area contributed by atoms with Crippen molar-refractivity contribution < 1.29 is 22.7 Å². The second-order valence-electron chi connectivity index (χ2n) is 9.18. The molecule has 4 heterocycles. The normalized spacial score (nSPS) is 17.4. The first-order valence-corrected chi connectivity index (χ1v) is 12.4. The van der Waals surface area contributed by atoms with Gasteiger partial charge in [0.25, 0.3) is 0 Å². The highest BCUT2D eigenvalue weighted by atomic mass is 35.5. The molecular formula is C26H27ClF2N4O3. The SMILES string of the molecule is C[C@@H](Oc1c(N)ncc2c(C3=CCN(C(=O)CN4CCCC4)CC3)coc12)c1c(F)ccc(F)c1Cl. The van der Waals surface area contributed by atoms with E-state index in [2.05, 4.69) is 9.88 Å². The summed E-state index contributed by atoms with van der Waals surface area (Å²) in [4.78, 5) is 21.0. The molecule has 0 spiro atoms. The summed E-state index contributed by atoms with van der Waals surface area (Å²) in [6.07, 6.45) is 7.24. The number of aromatic nitrogens is 1. The highest BCUT2D eigenvalue weighted by Crippen LogP contribution is 2.40. The minimum atomic E-state index is -0.958. The van der Waals surface area contributed by atoms with Crippen molar-refractivity contribution in [1.82, 2.24) is 14.8 Å². The average Bonchev–Trinajstić information content (AvgIpc) is 3.54. The van der Waals surface area contributed by atoms with Gasteiger partial charge in [0.2, 0.25) is 11.7 Å². The molecule has 2 aromatic heterocycles. The number of nitrogens with zero attached hydrogens (tertiary/aromatic N) is 3. The number of carbonyl (C=O) groups excluding carboxylic acids is 1. The Morgan fingerprint density at radius 3 is 2.72 bits per heavy atom. The van der Waals surface area contributed by atoms with Gasteiger partial charge < -0.3 is 19.8 Å². The number of pyridine rings is 1. The van der Waals surface area contributed by atoms with Gasteiger partial charge in [-0.15, -0.1) is 0 Å². The molecule has 5 rings (SSSR count). The standard InChI is InChI=1S/C26H27ClF2N4O3/c1-15(22-19(28)4-5-20(29)23(22)27)36-25-24-17(12-31-26(25)30)18(14-35-24)16-6-10-33(11-7-16)21(34)13-32-8-2-3-9-32/h4-6,12,14-15H,2-3,7-11,13H2,1H3,(H2,30,31)/t15-/m1/s1. The van der Waals surface area contributed by atoms with Gasteiger partial charge in [0.05, 0.1) is 23.2 Å². The third kappa shape index (κ3) is 4.65. The van der Waals surface area contributed by atoms with Gasteiger partial charge in [-0.2, -0.15) is 0 Å². The number of ether oxygens (including phenoxy) is 1. The van der Waals surface area contributed by atoms with E-state index in [1.807, 2.05) is 11.0 Å². The highest BCUT2D eigenvalue weighted by molar-refractivity contribution is 6.31. The van der Waals surface area contributed by atoms with E-state index in [0.717, 1.165) is 49.2 Å². The van der Waals surface area contributed by atoms with Crippen LogP contribution in [-0.4, -0.2) is 53.4 Å². The van der Waals surface area contributed by atoms with Crippen LogP contribution in [0.25, 0.3) is 16.5 Å². The molecule has 36 heavy (non-hydrogen) atoms. The fraction of sp³-hybridized carbons (Fsp3) is 0.385. The molecule has 0 radical (unpaired) electrons. The second-order valence-corrected chi connectivity index (χ2v) is 9.56. The molecule has 7 nitrogen and oxygen atoms in total. The van der Waals surface area contributed by atoms with E-state index in [1.165, 1.54) is 0 Å². The zero-order valence-electron chi connectivity index (χ0n) is 19.9. The lowest BCUT2D eigenvalue weighted by molar-refractivity contribution is -0.131. The zero-order valence-corrected chi connectivity index (χ0v) is 20.7. The Labute approximate surface area is 212 Å². The number of carbonyl (C=O) groups is 1. The molecule has 0 aliphatic carbocycles. The fourth-order valence-electron chi connectivity index (χ4n) is 4.87. The van der Waals surface area contributed by atoms with Gasteiger partial charge in [-0.05, 0) is 57.0 Å². The van der Waals surface area contributed by atoms with Crippen LogP contribution in [0.2, 0.25) is 5.02 Å². The number of anilines is 1. The number of benzene rings is 1. The van der Waals surface area contributed by atoms with E-state index in [0.29, 0.717) is 37.0 Å². The first kappa shape index (κ1) is 24.5. The second kappa shape index (κ2) is 10.1. The molecule has 0 bridgehead atoms. The average molecular weight is 517 g/mol. The molecule has 3 aromatic rings. The molecule has 0 unspecified atom stereocenters. The maximum absolute atomic E-state index is 14.4. The molecule has 0 saturated carbocycles. The summed E-state index contributed by atoms with van der Waals surface area (Å²) in [5.74, 6) is -1.11. The fourth-order valence-corrected chi connectivity index (χ4v) is 5.17. The first-order chi connectivity index (χ1) is 17.3. The molecule has 1 atom stereocenters. The van der Waals surface area contributed by atoms with Crippen molar-refractivity contribution in [3.63, 3.8) is 0 Å². The molecule has 1 amide bonds. The van der Waals surface area contributed by atoms with Crippen molar-refractivity contribution in [2.75, 3.05) is 38.5 Å². The van der Waals surface area contributed by atoms with Crippen LogP contribution in [0.3, 0.4) is 0 Å². The third-order valence-electron chi connectivity index (χ3n) is 6.85. The quantitative estimate of drug-likeness (QED) is 0.454. The van der Waals surface area contributed by atoms with E-state index in [4.69, 9.17) is 26.5 Å². The number of hydrogen-bond acceptors (Lipinski definition) is 6. The first-order valence-electron chi connectivity index (χ1n) is 12.0. The summed E-state index contributed by atoms with van der Waals surface area (Å²) < 4.78 is 40.1. The van der Waals surface area contributed by atoms with Crippen molar-refractivity contribution in [1.29, 1.82) is 0 Å². The monoisotopic (exact) mass is 516 g/mol. The van der Waals surface area contributed by atoms with Gasteiger partial charge in [-0.1, -0.05) is 17.7 Å². The van der Waals surface area contributed by atoms with E-state index in [9.17, 15) is 13.6 Å². The maximum Gasteiger partial charge on any atom is 0.237 e. The van der Waals surface area contributed by atoms with Crippen LogP contribution in [0.4, 0.5) is 14.6 Å². The number of fused-ring (bicyclic) bond motifs is 1. The molecule has 2 N–H and O–H groups in total. The Bertz CT molecular complexity index is 1340. The predicted molar refractivity (Wildman–Crippen MR) is 134 cm³/mol. The number of nitrogen functional groups attached to an aromatic ring is 1. The highest BCUT2D eigenvalue weighted by Gasteiger charge is 2.26. The van der Waals surface area contributed by atoms with Crippen LogP contribution < -0.4 is 10.5 Å². The molecule has 1 saturated heterocycles. The number of amides is 1. The Morgan fingerprint density at radius 2 is 2.00 bits per heavy atom. The molecule has 1 fully saturated rings. The molecular weight excluding hydrogens is 490 g/mol. The molecule has 190 valence electrons. The van der Waals surface area contributed by atoms with E-state index >= 15 is 0 Å². The van der Waals surface area contributed by atoms with E-state index < -0.39 is 17.7 Å². The number of rotatable bonds is 6. The van der Waals surface area contributed by atoms with Crippen LogP contribution in [0.1, 0.15) is 43.4 Å². The van der Waals surface area contributed by atoms with Crippen molar-refractivity contribution >= 4 is 39.9 Å². The summed E-state index contributed by atoms with van der Waals surface area (Å²) in [6.45, 7) is 5.12. The lowest BCUT2D eigenvalue weighted by atomic mass is 9.99. The van der Waals surface area contributed by atoms with Gasteiger partial charge >= 0.3 is 0 Å². The Morgan fingerprint density at radius 1 is 1.25 bits per heavy atom. The van der Waals surface area contributed by atoms with Crippen LogP contribution in [-0.2, 0) is 4.79 Å². The lowest BCUT2D eigenvalue weighted by Gasteiger charge is -2.28. The third-order valence-corrected chi connectivity index (χ3v) is 7.23. The maximum atomic E-state index is 14.4. The van der Waals surface area contributed by atoms with Crippen molar-refractivity contribution in [3.05, 3.63) is 58.5 Å². The Balaban J connectivity index is 1.37. The molecule has 1 aromatic carbocycles. The largest absolute Gasteiger partial charge is 0.478 e. The van der Waals surface area contributed by atoms with Crippen LogP contribution in [0.5, 0.6) is 5.75 Å². The zero-order chi connectivity index (χ0) is 25.4. The smallest absolute Gasteiger partial charge is 0.237 e. The minimum Gasteiger partial charge on any atom is -0.478 e. The topological polar surface area (TPSA) is 84.8 Å². The van der Waals surface area contributed by atoms with Gasteiger partial charge in [0.15, 0.2) is 11.4 Å². The summed E-state index contributed by atoms with van der Waals surface area (Å²) >= 11 is 6.00. The van der Waals surface area contributed by atoms with Crippen molar-refractivity contribution in [2.24, 2.45) is 0 Å². The number of hydrogen-bond donors (Lipinski definition) is 1. The summed E-state index contributed by atoms with van der Waals surface area (Å²) in [5, 5.41) is 0.331. The van der Waals surface area contributed by atoms with Gasteiger partial charge in [-0.25, -0.2) is 13.8 Å². The Kier molecular flexibility index (Phi) is 6.85. The van der Waals surface area contributed by atoms with Crippen LogP contribution in [0.15, 0.2) is 35.1 Å². The minimum absolute atomic E-state index is 0.0551. The van der Waals surface area contributed by atoms with Crippen molar-refractivity contribution in [3.8, 4) is 5.75 Å². The summed E-state index contributed by atoms with van der Waals surface area (Å²) in [5.41, 5.74) is 8.16. The lowest BCUT2D eigenvalue weighted by Crippen LogP contribution is -2.41. The number of halogens is 3. The van der Waals surface area contributed by atoms with E-state index in [1.54, 1.807) is 19.4 Å². The predicted octanol–water partition coefficient (Wildman–Crippen LogP) is 5.19. The number of nitrogens with two attached hydrogens (primary N) is 1. The summed E-state index contributed by atoms with van der Waals surface area (Å²) in [6, 6.07) is 1.96. The van der Waals surface area contributed by atoms with Gasteiger partial charge in [0, 0.05) is 30.4 Å². The van der Waals surface area contributed by atoms with E-state index in [-0.39, 0.29) is 28.1 Å². The molecule has 2 aliphatic rings. The molecule has 10 heteroatoms. The van der Waals surface area contributed by atoms with Gasteiger partial charge in [0.1, 0.15) is 17.7 Å². The van der Waals surface area contributed by atoms with Gasteiger partial charge in [-0.3, -0.25) is 9.69 Å².